The van der Waals surface area contributed by atoms with Gasteiger partial charge in [0.25, 0.3) is 0 Å². The quantitative estimate of drug-likeness (QED) is 0.0375. The minimum absolute atomic E-state index is 0.0445. The number of aryl methyl sites for hydroxylation is 2. The molecule has 2 heterocycles. The molecular formula is C45H35F9O11. The van der Waals surface area contributed by atoms with Gasteiger partial charge in [0.1, 0.15) is 53.5 Å². The highest BCUT2D eigenvalue weighted by Crippen LogP contribution is 2.37. The summed E-state index contributed by atoms with van der Waals surface area (Å²) in [5, 5.41) is 0.546. The summed E-state index contributed by atoms with van der Waals surface area (Å²) in [7, 11) is 0. The molecule has 4 aromatic carbocycles. The Morgan fingerprint density at radius 3 is 1.49 bits per heavy atom. The van der Waals surface area contributed by atoms with Gasteiger partial charge >= 0.3 is 36.1 Å². The van der Waals surface area contributed by atoms with E-state index in [1.165, 1.54) is 86.6 Å². The van der Waals surface area contributed by atoms with Gasteiger partial charge in [0.2, 0.25) is 0 Å². The predicted molar refractivity (Wildman–Crippen MR) is 215 cm³/mol. The van der Waals surface area contributed by atoms with E-state index in [1.807, 2.05) is 0 Å². The van der Waals surface area contributed by atoms with Crippen molar-refractivity contribution in [2.75, 3.05) is 26.4 Å². The van der Waals surface area contributed by atoms with Gasteiger partial charge in [-0.05, 0) is 73.5 Å². The Labute approximate surface area is 361 Å². The normalized spacial score (nSPS) is 12.6. The Balaban J connectivity index is 1.24. The summed E-state index contributed by atoms with van der Waals surface area (Å²) in [5.41, 5.74) is -2.06. The van der Waals surface area contributed by atoms with Crippen molar-refractivity contribution >= 4 is 27.9 Å². The number of alkyl halides is 9. The molecule has 11 nitrogen and oxygen atoms in total. The summed E-state index contributed by atoms with van der Waals surface area (Å²) in [4.78, 5) is 37.8. The van der Waals surface area contributed by atoms with Gasteiger partial charge in [0.15, 0.2) is 0 Å². The smallest absolute Gasteiger partial charge is 0.491 e. The van der Waals surface area contributed by atoms with Crippen LogP contribution in [0.4, 0.5) is 39.5 Å². The highest BCUT2D eigenvalue weighted by molar-refractivity contribution is 5.85. The molecule has 0 spiro atoms. The first-order valence-corrected chi connectivity index (χ1v) is 19.1. The minimum atomic E-state index is -5.05. The van der Waals surface area contributed by atoms with Gasteiger partial charge in [-0.15, -0.1) is 26.3 Å². The number of benzene rings is 4. The molecule has 0 radical (unpaired) electrons. The fourth-order valence-corrected chi connectivity index (χ4v) is 6.41. The van der Waals surface area contributed by atoms with E-state index in [1.54, 1.807) is 0 Å². The summed E-state index contributed by atoms with van der Waals surface area (Å²) in [6.07, 6.45) is -16.6. The Morgan fingerprint density at radius 2 is 1.08 bits per heavy atom. The van der Waals surface area contributed by atoms with Crippen LogP contribution in [-0.2, 0) is 14.3 Å². The molecule has 65 heavy (non-hydrogen) atoms. The molecule has 1 unspecified atom stereocenters. The van der Waals surface area contributed by atoms with E-state index in [4.69, 9.17) is 27.8 Å². The first-order valence-electron chi connectivity index (χ1n) is 19.1. The molecule has 0 aliphatic carbocycles. The standard InChI is InChI=1S/C45H35F9O11/c1-4-40(55)61-21-26(19-43(46,47)48)20-58-31(22-59-29-9-7-27-15-34(41(56)62-36(27)17-29)32-11-5-24(2)13-38(32)64-44(49,50)51)23-60-30-10-8-28-16-35(42(57)63-37(28)18-30)33-12-6-25(3)14-39(33)65-45(52,53)54/h4-18,26,31H,1,19-23H2,2-3H3. The lowest BCUT2D eigenvalue weighted by atomic mass is 10.0. The Hall–Kier alpha value is -6.96. The molecule has 0 amide bonds. The van der Waals surface area contributed by atoms with Gasteiger partial charge in [-0.25, -0.2) is 14.4 Å². The second kappa shape index (κ2) is 19.4. The van der Waals surface area contributed by atoms with Gasteiger partial charge < -0.3 is 37.3 Å². The Morgan fingerprint density at radius 1 is 0.615 bits per heavy atom. The molecule has 0 saturated carbocycles. The molecule has 2 aromatic heterocycles. The number of fused-ring (bicyclic) bond motifs is 2. The zero-order valence-electron chi connectivity index (χ0n) is 34.0. The van der Waals surface area contributed by atoms with Crippen LogP contribution >= 0.6 is 0 Å². The number of carbonyl (C=O) groups is 1. The van der Waals surface area contributed by atoms with Gasteiger partial charge in [-0.1, -0.05) is 30.8 Å². The molecule has 0 saturated heterocycles. The van der Waals surface area contributed by atoms with E-state index in [9.17, 15) is 53.9 Å². The Kier molecular flexibility index (Phi) is 14.2. The largest absolute Gasteiger partial charge is 0.573 e. The molecular weight excluding hydrogens is 887 g/mol. The monoisotopic (exact) mass is 922 g/mol. The molecule has 1 atom stereocenters. The number of rotatable bonds is 17. The van der Waals surface area contributed by atoms with Crippen molar-refractivity contribution in [1.29, 1.82) is 0 Å². The van der Waals surface area contributed by atoms with Crippen LogP contribution in [0.15, 0.2) is 116 Å². The van der Waals surface area contributed by atoms with Crippen LogP contribution in [0.25, 0.3) is 44.2 Å². The molecule has 0 bridgehead atoms. The second-order valence-corrected chi connectivity index (χ2v) is 14.5. The van der Waals surface area contributed by atoms with Crippen molar-refractivity contribution in [2.45, 2.75) is 45.3 Å². The van der Waals surface area contributed by atoms with Crippen molar-refractivity contribution in [3.63, 3.8) is 0 Å². The predicted octanol–water partition coefficient (Wildman–Crippen LogP) is 10.8. The van der Waals surface area contributed by atoms with Crippen molar-refractivity contribution in [2.24, 2.45) is 5.92 Å². The number of halogens is 9. The summed E-state index contributed by atoms with van der Waals surface area (Å²) >= 11 is 0. The first-order chi connectivity index (χ1) is 30.5. The molecule has 344 valence electrons. The molecule has 0 aliphatic heterocycles. The lowest BCUT2D eigenvalue weighted by Crippen LogP contribution is -2.33. The number of ether oxygens (including phenoxy) is 6. The molecule has 6 aromatic rings. The van der Waals surface area contributed by atoms with Crippen LogP contribution in [0.1, 0.15) is 17.5 Å². The topological polar surface area (TPSA) is 133 Å². The lowest BCUT2D eigenvalue weighted by molar-refractivity contribution is -0.275. The van der Waals surface area contributed by atoms with E-state index in [0.717, 1.165) is 18.2 Å². The lowest BCUT2D eigenvalue weighted by Gasteiger charge is -2.23. The van der Waals surface area contributed by atoms with Crippen LogP contribution in [-0.4, -0.2) is 57.4 Å². The second-order valence-electron chi connectivity index (χ2n) is 14.5. The summed E-state index contributed by atoms with van der Waals surface area (Å²) in [6, 6.07) is 18.6. The van der Waals surface area contributed by atoms with Gasteiger partial charge in [0.05, 0.1) is 30.8 Å². The number of hydrogen-bond acceptors (Lipinski definition) is 11. The molecule has 6 rings (SSSR count). The highest BCUT2D eigenvalue weighted by Gasteiger charge is 2.35. The van der Waals surface area contributed by atoms with Crippen LogP contribution in [0.5, 0.6) is 23.0 Å². The van der Waals surface area contributed by atoms with E-state index in [2.05, 4.69) is 16.1 Å². The van der Waals surface area contributed by atoms with Gasteiger partial charge in [0, 0.05) is 46.0 Å². The van der Waals surface area contributed by atoms with E-state index in [0.29, 0.717) is 11.1 Å². The molecule has 0 N–H and O–H groups in total. The summed E-state index contributed by atoms with van der Waals surface area (Å²) < 4.78 is 161. The van der Waals surface area contributed by atoms with Crippen molar-refractivity contribution < 1.29 is 81.6 Å². The fourth-order valence-electron chi connectivity index (χ4n) is 6.41. The third-order valence-corrected chi connectivity index (χ3v) is 9.31. The maximum atomic E-state index is 13.5. The number of hydrogen-bond donors (Lipinski definition) is 0. The number of esters is 1. The zero-order chi connectivity index (χ0) is 47.3. The van der Waals surface area contributed by atoms with Crippen LogP contribution < -0.4 is 30.2 Å². The van der Waals surface area contributed by atoms with Gasteiger partial charge in [-0.3, -0.25) is 0 Å². The zero-order valence-corrected chi connectivity index (χ0v) is 34.0. The minimum Gasteiger partial charge on any atom is -0.491 e. The molecule has 0 aliphatic rings. The van der Waals surface area contributed by atoms with E-state index >= 15 is 0 Å². The maximum absolute atomic E-state index is 13.5. The first kappa shape index (κ1) is 47.5. The highest BCUT2D eigenvalue weighted by atomic mass is 19.4. The summed E-state index contributed by atoms with van der Waals surface area (Å²) in [5.74, 6) is -3.47. The fraction of sp³-hybridized carbons (Fsp3) is 0.267. The van der Waals surface area contributed by atoms with Gasteiger partial charge in [-0.2, -0.15) is 13.2 Å². The van der Waals surface area contributed by atoms with Crippen LogP contribution in [0.2, 0.25) is 0 Å². The maximum Gasteiger partial charge on any atom is 0.573 e. The van der Waals surface area contributed by atoms with Crippen LogP contribution in [0.3, 0.4) is 0 Å². The van der Waals surface area contributed by atoms with Crippen molar-refractivity contribution in [3.05, 3.63) is 130 Å². The third kappa shape index (κ3) is 13.3. The van der Waals surface area contributed by atoms with Crippen LogP contribution in [0, 0.1) is 19.8 Å². The SMILES string of the molecule is C=CC(=O)OCC(COC(COc1ccc2cc(-c3ccc(C)cc3OC(F)(F)F)c(=O)oc2c1)COc1ccc2cc(-c3ccc(C)cc3OC(F)(F)F)c(=O)oc2c1)CC(F)(F)F. The Bertz CT molecular complexity index is 2640. The van der Waals surface area contributed by atoms with E-state index in [-0.39, 0.29) is 55.7 Å². The average molecular weight is 923 g/mol. The molecule has 20 heteroatoms. The van der Waals surface area contributed by atoms with Crippen molar-refractivity contribution in [1.82, 2.24) is 0 Å². The summed E-state index contributed by atoms with van der Waals surface area (Å²) in [6.45, 7) is 4.16. The molecule has 0 fully saturated rings. The van der Waals surface area contributed by atoms with E-state index < -0.39 is 92.5 Å². The average Bonchev–Trinajstić information content (AvgIpc) is 3.20. The number of carbonyl (C=O) groups excluding carboxylic acids is 1. The van der Waals surface area contributed by atoms with Crippen molar-refractivity contribution in [3.8, 4) is 45.3 Å². The third-order valence-electron chi connectivity index (χ3n) is 9.31.